The van der Waals surface area contributed by atoms with Crippen LogP contribution in [-0.2, 0) is 4.74 Å². The highest BCUT2D eigenvalue weighted by molar-refractivity contribution is 6.36. The molecule has 1 aromatic heterocycles. The normalized spacial score (nSPS) is 10.6. The number of hydrogen-bond acceptors (Lipinski definition) is 3. The average Bonchev–Trinajstić information content (AvgIpc) is 2.60. The Balaban J connectivity index is 2.74. The van der Waals surface area contributed by atoms with Gasteiger partial charge in [-0.1, -0.05) is 11.6 Å². The van der Waals surface area contributed by atoms with Gasteiger partial charge in [0.2, 0.25) is 0 Å². The Bertz CT molecular complexity index is 528. The summed E-state index contributed by atoms with van der Waals surface area (Å²) in [6.07, 6.45) is 1.36. The van der Waals surface area contributed by atoms with E-state index in [9.17, 15) is 4.79 Å². The molecule has 0 N–H and O–H groups in total. The molecule has 0 spiro atoms. The highest BCUT2D eigenvalue weighted by Crippen LogP contribution is 2.30. The average molecular weight is 225 g/mol. The van der Waals surface area contributed by atoms with E-state index in [2.05, 4.69) is 4.74 Å². The molecule has 78 valence electrons. The van der Waals surface area contributed by atoms with Crippen molar-refractivity contribution in [3.8, 4) is 0 Å². The zero-order valence-corrected chi connectivity index (χ0v) is 9.09. The number of aryl methyl sites for hydroxylation is 1. The van der Waals surface area contributed by atoms with Crippen LogP contribution < -0.4 is 0 Å². The quantitative estimate of drug-likeness (QED) is 0.699. The largest absolute Gasteiger partial charge is 0.465 e. The second kappa shape index (κ2) is 3.59. The van der Waals surface area contributed by atoms with Gasteiger partial charge in [0.05, 0.1) is 17.5 Å². The fraction of sp³-hybridized carbons (Fsp3) is 0.182. The molecule has 0 bridgehead atoms. The molecule has 4 heteroatoms. The number of carbonyl (C=O) groups is 1. The summed E-state index contributed by atoms with van der Waals surface area (Å²) in [5, 5.41) is 1.10. The first kappa shape index (κ1) is 10.1. The molecule has 0 aliphatic carbocycles. The van der Waals surface area contributed by atoms with Crippen LogP contribution in [0, 0.1) is 6.92 Å². The first-order valence-electron chi connectivity index (χ1n) is 4.39. The molecule has 0 saturated carbocycles. The van der Waals surface area contributed by atoms with Gasteiger partial charge in [-0.15, -0.1) is 0 Å². The maximum absolute atomic E-state index is 11.4. The van der Waals surface area contributed by atoms with Gasteiger partial charge in [0.1, 0.15) is 17.4 Å². The zero-order valence-electron chi connectivity index (χ0n) is 8.33. The molecule has 15 heavy (non-hydrogen) atoms. The van der Waals surface area contributed by atoms with Gasteiger partial charge in [-0.3, -0.25) is 0 Å². The minimum Gasteiger partial charge on any atom is -0.465 e. The molecule has 2 rings (SSSR count). The molecule has 0 saturated heterocycles. The van der Waals surface area contributed by atoms with Gasteiger partial charge < -0.3 is 9.15 Å². The highest BCUT2D eigenvalue weighted by atomic mass is 35.5. The van der Waals surface area contributed by atoms with E-state index in [4.69, 9.17) is 16.0 Å². The van der Waals surface area contributed by atoms with Gasteiger partial charge in [0.15, 0.2) is 0 Å². The predicted octanol–water partition coefficient (Wildman–Crippen LogP) is 3.18. The van der Waals surface area contributed by atoms with Gasteiger partial charge in [-0.05, 0) is 24.6 Å². The monoisotopic (exact) mass is 224 g/mol. The van der Waals surface area contributed by atoms with Crippen LogP contribution in [0.4, 0.5) is 0 Å². The maximum Gasteiger partial charge on any atom is 0.341 e. The highest BCUT2D eigenvalue weighted by Gasteiger charge is 2.16. The minimum atomic E-state index is -0.445. The van der Waals surface area contributed by atoms with Gasteiger partial charge in [0, 0.05) is 0 Å². The van der Waals surface area contributed by atoms with Crippen LogP contribution in [0.3, 0.4) is 0 Å². The number of halogens is 1. The number of methoxy groups -OCH3 is 1. The fourth-order valence-corrected chi connectivity index (χ4v) is 1.87. The maximum atomic E-state index is 11.4. The number of benzene rings is 1. The molecular formula is C11H9ClO3. The van der Waals surface area contributed by atoms with E-state index in [0.717, 1.165) is 5.56 Å². The summed E-state index contributed by atoms with van der Waals surface area (Å²) in [6.45, 7) is 1.91. The second-order valence-corrected chi connectivity index (χ2v) is 3.67. The number of furan rings is 1. The predicted molar refractivity (Wildman–Crippen MR) is 57.3 cm³/mol. The Morgan fingerprint density at radius 2 is 2.20 bits per heavy atom. The number of ether oxygens (including phenoxy) is 1. The van der Waals surface area contributed by atoms with Crippen molar-refractivity contribution in [2.75, 3.05) is 7.11 Å². The Morgan fingerprint density at radius 1 is 1.47 bits per heavy atom. The Labute approximate surface area is 91.6 Å². The van der Waals surface area contributed by atoms with E-state index >= 15 is 0 Å². The van der Waals surface area contributed by atoms with Crippen LogP contribution >= 0.6 is 11.6 Å². The van der Waals surface area contributed by atoms with Crippen LogP contribution in [0.5, 0.6) is 0 Å². The minimum absolute atomic E-state index is 0.359. The molecule has 1 heterocycles. The zero-order chi connectivity index (χ0) is 11.0. The Hall–Kier alpha value is -1.48. The molecule has 2 aromatic rings. The third-order valence-electron chi connectivity index (χ3n) is 2.18. The van der Waals surface area contributed by atoms with Crippen LogP contribution in [0.15, 0.2) is 22.8 Å². The van der Waals surface area contributed by atoms with E-state index < -0.39 is 5.97 Å². The van der Waals surface area contributed by atoms with Crippen molar-refractivity contribution in [2.24, 2.45) is 0 Å². The lowest BCUT2D eigenvalue weighted by Gasteiger charge is -1.99. The lowest BCUT2D eigenvalue weighted by molar-refractivity contribution is 0.0602. The van der Waals surface area contributed by atoms with Crippen LogP contribution in [0.25, 0.3) is 11.0 Å². The molecule has 0 aliphatic rings. The molecular weight excluding hydrogens is 216 g/mol. The van der Waals surface area contributed by atoms with Crippen molar-refractivity contribution in [3.63, 3.8) is 0 Å². The smallest absolute Gasteiger partial charge is 0.341 e. The van der Waals surface area contributed by atoms with E-state index in [1.807, 2.05) is 13.0 Å². The third-order valence-corrected chi connectivity index (χ3v) is 2.47. The molecule has 0 aliphatic heterocycles. The van der Waals surface area contributed by atoms with E-state index in [-0.39, 0.29) is 0 Å². The standard InChI is InChI=1S/C11H9ClO3/c1-6-3-8(12)10-7(11(13)14-2)5-15-9(10)4-6/h3-5H,1-2H3. The van der Waals surface area contributed by atoms with Crippen molar-refractivity contribution < 1.29 is 13.9 Å². The Morgan fingerprint density at radius 3 is 2.87 bits per heavy atom. The fourth-order valence-electron chi connectivity index (χ4n) is 1.51. The lowest BCUT2D eigenvalue weighted by atomic mass is 10.1. The first-order valence-corrected chi connectivity index (χ1v) is 4.77. The van der Waals surface area contributed by atoms with Gasteiger partial charge in [0.25, 0.3) is 0 Å². The number of rotatable bonds is 1. The Kier molecular flexibility index (Phi) is 2.40. The summed E-state index contributed by atoms with van der Waals surface area (Å²) in [6, 6.07) is 3.61. The molecule has 1 aromatic carbocycles. The number of hydrogen-bond donors (Lipinski definition) is 0. The van der Waals surface area contributed by atoms with Crippen molar-refractivity contribution in [2.45, 2.75) is 6.92 Å². The van der Waals surface area contributed by atoms with E-state index in [0.29, 0.717) is 21.6 Å². The third kappa shape index (κ3) is 1.59. The number of esters is 1. The van der Waals surface area contributed by atoms with Gasteiger partial charge in [-0.2, -0.15) is 0 Å². The van der Waals surface area contributed by atoms with Gasteiger partial charge >= 0.3 is 5.97 Å². The first-order chi connectivity index (χ1) is 7.13. The van der Waals surface area contributed by atoms with Crippen molar-refractivity contribution in [1.29, 1.82) is 0 Å². The summed E-state index contributed by atoms with van der Waals surface area (Å²) in [5.41, 5.74) is 1.94. The molecule has 0 fully saturated rings. The summed E-state index contributed by atoms with van der Waals surface area (Å²) < 4.78 is 9.88. The van der Waals surface area contributed by atoms with Gasteiger partial charge in [-0.25, -0.2) is 4.79 Å². The van der Waals surface area contributed by atoms with Crippen LogP contribution in [0.2, 0.25) is 5.02 Å². The molecule has 3 nitrogen and oxygen atoms in total. The summed E-state index contributed by atoms with van der Waals surface area (Å²) in [7, 11) is 1.32. The number of carbonyl (C=O) groups excluding carboxylic acids is 1. The van der Waals surface area contributed by atoms with E-state index in [1.54, 1.807) is 6.07 Å². The summed E-state index contributed by atoms with van der Waals surface area (Å²) >= 11 is 6.04. The van der Waals surface area contributed by atoms with Crippen LogP contribution in [-0.4, -0.2) is 13.1 Å². The van der Waals surface area contributed by atoms with Crippen molar-refractivity contribution in [3.05, 3.63) is 34.5 Å². The molecule has 0 unspecified atom stereocenters. The van der Waals surface area contributed by atoms with Crippen LogP contribution in [0.1, 0.15) is 15.9 Å². The molecule has 0 atom stereocenters. The van der Waals surface area contributed by atoms with Crippen molar-refractivity contribution in [1.82, 2.24) is 0 Å². The summed E-state index contributed by atoms with van der Waals surface area (Å²) in [5.74, 6) is -0.445. The second-order valence-electron chi connectivity index (χ2n) is 3.26. The number of fused-ring (bicyclic) bond motifs is 1. The molecule has 0 radical (unpaired) electrons. The SMILES string of the molecule is COC(=O)c1coc2cc(C)cc(Cl)c12. The van der Waals surface area contributed by atoms with Crippen molar-refractivity contribution >= 4 is 28.5 Å². The van der Waals surface area contributed by atoms with E-state index in [1.165, 1.54) is 13.4 Å². The topological polar surface area (TPSA) is 39.4 Å². The summed E-state index contributed by atoms with van der Waals surface area (Å²) in [4.78, 5) is 11.4. The molecule has 0 amide bonds. The lowest BCUT2D eigenvalue weighted by Crippen LogP contribution is -1.99.